The third kappa shape index (κ3) is 4.31. The quantitative estimate of drug-likeness (QED) is 0.807. The number of rotatable bonds is 7. The molecule has 2 aromatic rings. The minimum atomic E-state index is -3.63. The molecule has 2 aromatic carbocycles. The molecule has 0 spiro atoms. The molecule has 138 valence electrons. The maximum atomic E-state index is 13.3. The van der Waals surface area contributed by atoms with Crippen molar-refractivity contribution in [2.75, 3.05) is 5.32 Å². The SMILES string of the molecule is CC(=O)Nc1ccc(S(=O)(=O)N(Cc2ccccc2)[C@@H](C)C2CC2)cc1. The van der Waals surface area contributed by atoms with Crippen LogP contribution in [0.15, 0.2) is 59.5 Å². The number of amides is 1. The third-order valence-electron chi connectivity index (χ3n) is 4.72. The summed E-state index contributed by atoms with van der Waals surface area (Å²) in [5.74, 6) is 0.237. The van der Waals surface area contributed by atoms with Gasteiger partial charge in [-0.2, -0.15) is 4.31 Å². The van der Waals surface area contributed by atoms with Gasteiger partial charge in [-0.3, -0.25) is 4.79 Å². The number of hydrogen-bond acceptors (Lipinski definition) is 3. The van der Waals surface area contributed by atoms with E-state index in [1.54, 1.807) is 28.6 Å². The summed E-state index contributed by atoms with van der Waals surface area (Å²) in [6, 6.07) is 16.0. The Kier molecular flexibility index (Phi) is 5.44. The Bertz CT molecular complexity index is 860. The highest BCUT2D eigenvalue weighted by Crippen LogP contribution is 2.38. The van der Waals surface area contributed by atoms with E-state index in [4.69, 9.17) is 0 Å². The molecule has 1 N–H and O–H groups in total. The van der Waals surface area contributed by atoms with Gasteiger partial charge >= 0.3 is 0 Å². The van der Waals surface area contributed by atoms with Gasteiger partial charge in [-0.25, -0.2) is 8.42 Å². The second-order valence-electron chi connectivity index (χ2n) is 6.82. The molecule has 1 amide bonds. The van der Waals surface area contributed by atoms with E-state index in [-0.39, 0.29) is 16.8 Å². The van der Waals surface area contributed by atoms with Gasteiger partial charge in [0.25, 0.3) is 0 Å². The molecule has 1 atom stereocenters. The maximum absolute atomic E-state index is 13.3. The lowest BCUT2D eigenvalue weighted by Gasteiger charge is -2.28. The van der Waals surface area contributed by atoms with Crippen LogP contribution >= 0.6 is 0 Å². The Balaban J connectivity index is 1.89. The monoisotopic (exact) mass is 372 g/mol. The molecule has 0 unspecified atom stereocenters. The maximum Gasteiger partial charge on any atom is 0.243 e. The minimum absolute atomic E-state index is 0.0461. The van der Waals surface area contributed by atoms with Gasteiger partial charge in [-0.1, -0.05) is 30.3 Å². The molecule has 1 aliphatic rings. The van der Waals surface area contributed by atoms with Gasteiger partial charge in [-0.15, -0.1) is 0 Å². The largest absolute Gasteiger partial charge is 0.326 e. The standard InChI is InChI=1S/C20H24N2O3S/c1-15(18-8-9-18)22(14-17-6-4-3-5-7-17)26(24,25)20-12-10-19(11-13-20)21-16(2)23/h3-7,10-13,15,18H,8-9,14H2,1-2H3,(H,21,23)/t15-/m0/s1. The van der Waals surface area contributed by atoms with E-state index in [0.29, 0.717) is 18.2 Å². The predicted octanol–water partition coefficient (Wildman–Crippen LogP) is 3.63. The van der Waals surface area contributed by atoms with Crippen LogP contribution in [0.25, 0.3) is 0 Å². The third-order valence-corrected chi connectivity index (χ3v) is 6.67. The number of sulfonamides is 1. The highest BCUT2D eigenvalue weighted by atomic mass is 32.2. The van der Waals surface area contributed by atoms with Crippen molar-refractivity contribution in [1.82, 2.24) is 4.31 Å². The van der Waals surface area contributed by atoms with Crippen LogP contribution in [0.5, 0.6) is 0 Å². The van der Waals surface area contributed by atoms with Crippen molar-refractivity contribution in [3.05, 3.63) is 60.2 Å². The van der Waals surface area contributed by atoms with Crippen molar-refractivity contribution in [2.45, 2.75) is 44.2 Å². The molecule has 26 heavy (non-hydrogen) atoms. The van der Waals surface area contributed by atoms with E-state index in [1.807, 2.05) is 37.3 Å². The molecule has 0 aromatic heterocycles. The highest BCUT2D eigenvalue weighted by Gasteiger charge is 2.38. The van der Waals surface area contributed by atoms with E-state index in [9.17, 15) is 13.2 Å². The highest BCUT2D eigenvalue weighted by molar-refractivity contribution is 7.89. The van der Waals surface area contributed by atoms with Crippen LogP contribution in [-0.4, -0.2) is 24.7 Å². The van der Waals surface area contributed by atoms with Crippen molar-refractivity contribution >= 4 is 21.6 Å². The normalized spacial score (nSPS) is 15.7. The zero-order valence-electron chi connectivity index (χ0n) is 15.1. The Hall–Kier alpha value is -2.18. The number of hydrogen-bond donors (Lipinski definition) is 1. The molecular weight excluding hydrogens is 348 g/mol. The first-order valence-corrected chi connectivity index (χ1v) is 10.3. The molecule has 6 heteroatoms. The van der Waals surface area contributed by atoms with Crippen molar-refractivity contribution in [3.8, 4) is 0 Å². The van der Waals surface area contributed by atoms with Crippen LogP contribution in [0.3, 0.4) is 0 Å². The van der Waals surface area contributed by atoms with E-state index >= 15 is 0 Å². The molecule has 0 bridgehead atoms. The fourth-order valence-electron chi connectivity index (χ4n) is 3.07. The molecule has 1 aliphatic carbocycles. The Morgan fingerprint density at radius 2 is 1.73 bits per heavy atom. The number of benzene rings is 2. The second-order valence-corrected chi connectivity index (χ2v) is 8.71. The smallest absolute Gasteiger partial charge is 0.243 e. The molecule has 0 heterocycles. The van der Waals surface area contributed by atoms with E-state index in [2.05, 4.69) is 5.32 Å². The molecule has 0 saturated heterocycles. The number of carbonyl (C=O) groups is 1. The Morgan fingerprint density at radius 1 is 1.12 bits per heavy atom. The average molecular weight is 372 g/mol. The molecular formula is C20H24N2O3S. The van der Waals surface area contributed by atoms with E-state index in [0.717, 1.165) is 18.4 Å². The van der Waals surface area contributed by atoms with Crippen LogP contribution in [0.1, 0.15) is 32.3 Å². The average Bonchev–Trinajstić information content (AvgIpc) is 3.45. The Labute approximate surface area is 155 Å². The van der Waals surface area contributed by atoms with Crippen LogP contribution < -0.4 is 5.32 Å². The van der Waals surface area contributed by atoms with Gasteiger partial charge in [-0.05, 0) is 55.5 Å². The zero-order chi connectivity index (χ0) is 18.7. The fraction of sp³-hybridized carbons (Fsp3) is 0.350. The van der Waals surface area contributed by atoms with Gasteiger partial charge in [0, 0.05) is 25.2 Å². The summed E-state index contributed by atoms with van der Waals surface area (Å²) < 4.78 is 28.2. The van der Waals surface area contributed by atoms with Crippen LogP contribution in [0, 0.1) is 5.92 Å². The molecule has 1 fully saturated rings. The predicted molar refractivity (Wildman–Crippen MR) is 102 cm³/mol. The van der Waals surface area contributed by atoms with Crippen molar-refractivity contribution in [1.29, 1.82) is 0 Å². The first-order chi connectivity index (χ1) is 12.4. The lowest BCUT2D eigenvalue weighted by Crippen LogP contribution is -2.39. The van der Waals surface area contributed by atoms with Gasteiger partial charge in [0.15, 0.2) is 0 Å². The molecule has 1 saturated carbocycles. The summed E-state index contributed by atoms with van der Waals surface area (Å²) in [5.41, 5.74) is 1.56. The molecule has 0 aliphatic heterocycles. The topological polar surface area (TPSA) is 66.5 Å². The van der Waals surface area contributed by atoms with Crippen molar-refractivity contribution < 1.29 is 13.2 Å². The number of nitrogens with zero attached hydrogens (tertiary/aromatic N) is 1. The summed E-state index contributed by atoms with van der Waals surface area (Å²) in [6.45, 7) is 3.77. The first-order valence-electron chi connectivity index (χ1n) is 8.81. The fourth-order valence-corrected chi connectivity index (χ4v) is 4.75. The first kappa shape index (κ1) is 18.6. The molecule has 0 radical (unpaired) electrons. The summed E-state index contributed by atoms with van der Waals surface area (Å²) in [4.78, 5) is 11.4. The molecule has 5 nitrogen and oxygen atoms in total. The lowest BCUT2D eigenvalue weighted by atomic mass is 10.2. The van der Waals surface area contributed by atoms with Crippen molar-refractivity contribution in [3.63, 3.8) is 0 Å². The summed E-state index contributed by atoms with van der Waals surface area (Å²) in [5, 5.41) is 2.66. The zero-order valence-corrected chi connectivity index (χ0v) is 15.9. The van der Waals surface area contributed by atoms with Gasteiger partial charge in [0.2, 0.25) is 15.9 Å². The lowest BCUT2D eigenvalue weighted by molar-refractivity contribution is -0.114. The minimum Gasteiger partial charge on any atom is -0.326 e. The number of anilines is 1. The summed E-state index contributed by atoms with van der Waals surface area (Å²) >= 11 is 0. The number of carbonyl (C=O) groups excluding carboxylic acids is 1. The molecule has 3 rings (SSSR count). The van der Waals surface area contributed by atoms with Gasteiger partial charge in [0.05, 0.1) is 4.90 Å². The van der Waals surface area contributed by atoms with Crippen LogP contribution in [0.4, 0.5) is 5.69 Å². The van der Waals surface area contributed by atoms with Crippen LogP contribution in [0.2, 0.25) is 0 Å². The van der Waals surface area contributed by atoms with E-state index in [1.165, 1.54) is 6.92 Å². The van der Waals surface area contributed by atoms with Gasteiger partial charge < -0.3 is 5.32 Å². The Morgan fingerprint density at radius 3 is 2.27 bits per heavy atom. The summed E-state index contributed by atoms with van der Waals surface area (Å²) in [6.07, 6.45) is 2.15. The number of nitrogens with one attached hydrogen (secondary N) is 1. The summed E-state index contributed by atoms with van der Waals surface area (Å²) in [7, 11) is -3.63. The van der Waals surface area contributed by atoms with E-state index < -0.39 is 10.0 Å². The second kappa shape index (κ2) is 7.60. The van der Waals surface area contributed by atoms with Crippen molar-refractivity contribution in [2.24, 2.45) is 5.92 Å². The van der Waals surface area contributed by atoms with Gasteiger partial charge in [0.1, 0.15) is 0 Å². The van der Waals surface area contributed by atoms with Crippen LogP contribution in [-0.2, 0) is 21.4 Å².